The van der Waals surface area contributed by atoms with E-state index >= 15 is 0 Å². The van der Waals surface area contributed by atoms with Gasteiger partial charge in [0.15, 0.2) is 17.2 Å². The average molecular weight is 412 g/mol. The van der Waals surface area contributed by atoms with Crippen LogP contribution in [0.2, 0.25) is 5.02 Å². The number of rotatable bonds is 3. The summed E-state index contributed by atoms with van der Waals surface area (Å²) in [6, 6.07) is 13.0. The summed E-state index contributed by atoms with van der Waals surface area (Å²) in [5, 5.41) is 7.78. The van der Waals surface area contributed by atoms with Gasteiger partial charge in [0.25, 0.3) is 5.91 Å². The second kappa shape index (κ2) is 7.09. The molecule has 0 bridgehead atoms. The highest BCUT2D eigenvalue weighted by atomic mass is 35.5. The van der Waals surface area contributed by atoms with Gasteiger partial charge < -0.3 is 19.5 Å². The van der Waals surface area contributed by atoms with E-state index in [4.69, 9.17) is 25.8 Å². The second-order valence-electron chi connectivity index (χ2n) is 7.05. The summed E-state index contributed by atoms with van der Waals surface area (Å²) < 4.78 is 18.6. The van der Waals surface area contributed by atoms with Crippen molar-refractivity contribution in [3.05, 3.63) is 70.0 Å². The number of nitrogens with zero attached hydrogens (tertiary/aromatic N) is 2. The molecule has 29 heavy (non-hydrogen) atoms. The van der Waals surface area contributed by atoms with Crippen molar-refractivity contribution in [1.29, 1.82) is 0 Å². The number of aromatic nitrogens is 2. The first-order chi connectivity index (χ1) is 14.1. The number of aryl methyl sites for hydroxylation is 1. The molecule has 2 aromatic carbocycles. The Morgan fingerprint density at radius 1 is 1.17 bits per heavy atom. The molecule has 1 amide bonds. The Balaban J connectivity index is 1.33. The van der Waals surface area contributed by atoms with Crippen molar-refractivity contribution in [2.75, 3.05) is 12.1 Å². The molecule has 7 nitrogen and oxygen atoms in total. The highest BCUT2D eigenvalue weighted by Crippen LogP contribution is 2.36. The zero-order valence-corrected chi connectivity index (χ0v) is 16.4. The van der Waals surface area contributed by atoms with Gasteiger partial charge in [-0.3, -0.25) is 9.48 Å². The molecule has 0 unspecified atom stereocenters. The lowest BCUT2D eigenvalue weighted by Crippen LogP contribution is -2.22. The standard InChI is InChI=1S/C21H18ClN3O4/c1-12-2-4-16(15(22)6-12)23-21(26)17-8-14-10-27-20(9-25(14)24-17)13-3-5-18-19(7-13)29-11-28-18/h2-8,20H,9-11H2,1H3,(H,23,26)/t20-/m0/s1. The molecular formula is C21H18ClN3O4. The second-order valence-corrected chi connectivity index (χ2v) is 7.46. The third-order valence-electron chi connectivity index (χ3n) is 5.01. The lowest BCUT2D eigenvalue weighted by Gasteiger charge is -2.24. The number of anilines is 1. The van der Waals surface area contributed by atoms with Crippen LogP contribution in [0.25, 0.3) is 0 Å². The fourth-order valence-electron chi connectivity index (χ4n) is 3.46. The summed E-state index contributed by atoms with van der Waals surface area (Å²) >= 11 is 6.21. The topological polar surface area (TPSA) is 74.6 Å². The molecule has 0 saturated heterocycles. The number of benzene rings is 2. The minimum atomic E-state index is -0.308. The minimum absolute atomic E-state index is 0.181. The van der Waals surface area contributed by atoms with Crippen LogP contribution in [0.4, 0.5) is 5.69 Å². The van der Waals surface area contributed by atoms with Crippen molar-refractivity contribution in [2.24, 2.45) is 0 Å². The van der Waals surface area contributed by atoms with Crippen molar-refractivity contribution < 1.29 is 19.0 Å². The molecule has 3 heterocycles. The molecule has 0 spiro atoms. The van der Waals surface area contributed by atoms with Gasteiger partial charge in [-0.2, -0.15) is 5.10 Å². The quantitative estimate of drug-likeness (QED) is 0.702. The number of nitrogens with one attached hydrogen (secondary N) is 1. The molecule has 2 aliphatic heterocycles. The number of carbonyl (C=O) groups excluding carboxylic acids is 1. The molecule has 148 valence electrons. The molecule has 5 rings (SSSR count). The van der Waals surface area contributed by atoms with Crippen molar-refractivity contribution in [3.63, 3.8) is 0 Å². The number of hydrogen-bond acceptors (Lipinski definition) is 5. The van der Waals surface area contributed by atoms with Crippen LogP contribution in [0.5, 0.6) is 11.5 Å². The van der Waals surface area contributed by atoms with E-state index in [1.165, 1.54) is 0 Å². The SMILES string of the molecule is Cc1ccc(NC(=O)c2cc3n(n2)C[C@@H](c2ccc4c(c2)OCO4)OC3)c(Cl)c1. The molecule has 1 atom stereocenters. The Labute approximate surface area is 172 Å². The van der Waals surface area contributed by atoms with Gasteiger partial charge in [-0.05, 0) is 48.4 Å². The minimum Gasteiger partial charge on any atom is -0.454 e. The van der Waals surface area contributed by atoms with E-state index in [9.17, 15) is 4.79 Å². The van der Waals surface area contributed by atoms with E-state index in [0.717, 1.165) is 22.6 Å². The molecule has 2 aliphatic rings. The number of halogens is 1. The average Bonchev–Trinajstić information content (AvgIpc) is 3.35. The zero-order chi connectivity index (χ0) is 20.0. The maximum atomic E-state index is 12.6. The van der Waals surface area contributed by atoms with Gasteiger partial charge in [-0.25, -0.2) is 0 Å². The van der Waals surface area contributed by atoms with E-state index in [2.05, 4.69) is 10.4 Å². The molecular weight excluding hydrogens is 394 g/mol. The Hall–Kier alpha value is -3.03. The molecule has 0 fully saturated rings. The van der Waals surface area contributed by atoms with Crippen molar-refractivity contribution in [1.82, 2.24) is 9.78 Å². The van der Waals surface area contributed by atoms with Crippen molar-refractivity contribution in [3.8, 4) is 11.5 Å². The van der Waals surface area contributed by atoms with Gasteiger partial charge in [0.1, 0.15) is 6.10 Å². The Morgan fingerprint density at radius 2 is 2.03 bits per heavy atom. The van der Waals surface area contributed by atoms with Crippen LogP contribution < -0.4 is 14.8 Å². The number of ether oxygens (including phenoxy) is 3. The van der Waals surface area contributed by atoms with E-state index in [-0.39, 0.29) is 18.8 Å². The zero-order valence-electron chi connectivity index (χ0n) is 15.6. The highest BCUT2D eigenvalue weighted by molar-refractivity contribution is 6.34. The fraction of sp³-hybridized carbons (Fsp3) is 0.238. The van der Waals surface area contributed by atoms with Crippen LogP contribution >= 0.6 is 11.6 Å². The van der Waals surface area contributed by atoms with Crippen LogP contribution in [-0.2, 0) is 17.9 Å². The first-order valence-electron chi connectivity index (χ1n) is 9.22. The van der Waals surface area contributed by atoms with E-state index in [1.807, 2.05) is 35.9 Å². The van der Waals surface area contributed by atoms with Gasteiger partial charge in [0.2, 0.25) is 6.79 Å². The van der Waals surface area contributed by atoms with Crippen LogP contribution in [0, 0.1) is 6.92 Å². The van der Waals surface area contributed by atoms with E-state index < -0.39 is 0 Å². The summed E-state index contributed by atoms with van der Waals surface area (Å²) in [7, 11) is 0. The smallest absolute Gasteiger partial charge is 0.276 e. The van der Waals surface area contributed by atoms with Crippen LogP contribution in [-0.4, -0.2) is 22.5 Å². The van der Waals surface area contributed by atoms with E-state index in [1.54, 1.807) is 18.2 Å². The third kappa shape index (κ3) is 3.43. The normalized spacial score (nSPS) is 17.1. The number of carbonyl (C=O) groups is 1. The molecule has 0 saturated carbocycles. The van der Waals surface area contributed by atoms with Crippen molar-refractivity contribution >= 4 is 23.2 Å². The monoisotopic (exact) mass is 411 g/mol. The lowest BCUT2D eigenvalue weighted by molar-refractivity contribution is -0.00127. The maximum Gasteiger partial charge on any atom is 0.276 e. The Bertz CT molecular complexity index is 1110. The van der Waals surface area contributed by atoms with Gasteiger partial charge in [-0.15, -0.1) is 0 Å². The number of amides is 1. The summed E-state index contributed by atoms with van der Waals surface area (Å²) in [5.41, 5.74) is 3.74. The Kier molecular flexibility index (Phi) is 4.41. The summed E-state index contributed by atoms with van der Waals surface area (Å²) in [4.78, 5) is 12.6. The third-order valence-corrected chi connectivity index (χ3v) is 5.32. The van der Waals surface area contributed by atoms with Crippen LogP contribution in [0.1, 0.15) is 33.4 Å². The molecule has 0 radical (unpaired) electrons. The van der Waals surface area contributed by atoms with Gasteiger partial charge in [0.05, 0.1) is 29.6 Å². The first kappa shape index (κ1) is 18.0. The van der Waals surface area contributed by atoms with Crippen molar-refractivity contribution in [2.45, 2.75) is 26.2 Å². The summed E-state index contributed by atoms with van der Waals surface area (Å²) in [6.45, 7) is 3.05. The summed E-state index contributed by atoms with van der Waals surface area (Å²) in [6.07, 6.45) is -0.181. The van der Waals surface area contributed by atoms with Crippen LogP contribution in [0.3, 0.4) is 0 Å². The van der Waals surface area contributed by atoms with Crippen LogP contribution in [0.15, 0.2) is 42.5 Å². The predicted molar refractivity (Wildman–Crippen MR) is 106 cm³/mol. The Morgan fingerprint density at radius 3 is 2.90 bits per heavy atom. The number of hydrogen-bond donors (Lipinski definition) is 1. The predicted octanol–water partition coefficient (Wildman–Crippen LogP) is 4.10. The van der Waals surface area contributed by atoms with E-state index in [0.29, 0.717) is 35.3 Å². The van der Waals surface area contributed by atoms with Gasteiger partial charge >= 0.3 is 0 Å². The highest BCUT2D eigenvalue weighted by Gasteiger charge is 2.26. The molecule has 0 aliphatic carbocycles. The molecule has 8 heteroatoms. The fourth-order valence-corrected chi connectivity index (χ4v) is 3.74. The molecule has 1 N–H and O–H groups in total. The number of fused-ring (bicyclic) bond motifs is 2. The summed E-state index contributed by atoms with van der Waals surface area (Å²) in [5.74, 6) is 1.14. The molecule has 1 aromatic heterocycles. The lowest BCUT2D eigenvalue weighted by atomic mass is 10.1. The first-order valence-corrected chi connectivity index (χ1v) is 9.60. The largest absolute Gasteiger partial charge is 0.454 e. The maximum absolute atomic E-state index is 12.6. The van der Waals surface area contributed by atoms with Gasteiger partial charge in [0, 0.05) is 0 Å². The molecule has 3 aromatic rings. The van der Waals surface area contributed by atoms with Gasteiger partial charge in [-0.1, -0.05) is 23.7 Å².